The number of esters is 1. The van der Waals surface area contributed by atoms with Crippen LogP contribution in [0.5, 0.6) is 11.5 Å². The van der Waals surface area contributed by atoms with Crippen LogP contribution >= 0.6 is 11.6 Å². The molecule has 0 radical (unpaired) electrons. The van der Waals surface area contributed by atoms with E-state index in [4.69, 9.17) is 21.1 Å². The van der Waals surface area contributed by atoms with E-state index in [1.807, 2.05) is 44.2 Å². The highest BCUT2D eigenvalue weighted by molar-refractivity contribution is 6.25. The fourth-order valence-electron chi connectivity index (χ4n) is 3.29. The summed E-state index contributed by atoms with van der Waals surface area (Å²) in [7, 11) is 0. The summed E-state index contributed by atoms with van der Waals surface area (Å²) in [5.74, 6) is 0.600. The number of para-hydroxylation sites is 1. The predicted octanol–water partition coefficient (Wildman–Crippen LogP) is 5.61. The minimum absolute atomic E-state index is 0.0228. The third-order valence-electron chi connectivity index (χ3n) is 4.94. The van der Waals surface area contributed by atoms with Crippen LogP contribution in [0.15, 0.2) is 66.2 Å². The van der Waals surface area contributed by atoms with Crippen LogP contribution < -0.4 is 4.74 Å². The van der Waals surface area contributed by atoms with Crippen molar-refractivity contribution < 1.29 is 14.3 Å². The van der Waals surface area contributed by atoms with Gasteiger partial charge in [-0.2, -0.15) is 5.26 Å². The Labute approximate surface area is 164 Å². The molecule has 0 N–H and O–H groups in total. The molecule has 138 valence electrons. The van der Waals surface area contributed by atoms with E-state index in [0.29, 0.717) is 17.1 Å². The van der Waals surface area contributed by atoms with Gasteiger partial charge in [0, 0.05) is 11.1 Å². The Hall–Kier alpha value is -2.77. The first-order valence-electron chi connectivity index (χ1n) is 8.67. The van der Waals surface area contributed by atoms with Crippen LogP contribution in [-0.4, -0.2) is 5.97 Å². The molecule has 0 saturated heterocycles. The molecule has 0 bridgehead atoms. The van der Waals surface area contributed by atoms with Gasteiger partial charge in [-0.05, 0) is 35.6 Å². The van der Waals surface area contributed by atoms with Crippen LogP contribution in [0.25, 0.3) is 0 Å². The maximum Gasteiger partial charge on any atom is 0.311 e. The van der Waals surface area contributed by atoms with E-state index < -0.39 is 6.10 Å². The van der Waals surface area contributed by atoms with Crippen molar-refractivity contribution in [1.29, 1.82) is 5.26 Å². The molecule has 1 fully saturated rings. The molecular formula is C22H20ClNO3. The molecule has 3 unspecified atom stereocenters. The maximum atomic E-state index is 12.5. The molecule has 5 heteroatoms. The first-order chi connectivity index (χ1) is 13.0. The van der Waals surface area contributed by atoms with Crippen LogP contribution in [0.2, 0.25) is 0 Å². The summed E-state index contributed by atoms with van der Waals surface area (Å²) in [6, 6.07) is 18.4. The lowest BCUT2D eigenvalue weighted by molar-refractivity contribution is -0.149. The van der Waals surface area contributed by atoms with Crippen molar-refractivity contribution in [3.8, 4) is 17.6 Å². The molecule has 1 aliphatic rings. The van der Waals surface area contributed by atoms with Gasteiger partial charge in [0.2, 0.25) is 6.10 Å². The number of carbonyl (C=O) groups excluding carboxylic acids is 1. The molecule has 0 spiro atoms. The zero-order valence-corrected chi connectivity index (χ0v) is 15.9. The van der Waals surface area contributed by atoms with Crippen molar-refractivity contribution in [3.05, 3.63) is 71.8 Å². The summed E-state index contributed by atoms with van der Waals surface area (Å²) in [6.45, 7) is 3.96. The summed E-state index contributed by atoms with van der Waals surface area (Å²) in [5, 5.41) is 9.51. The van der Waals surface area contributed by atoms with Crippen molar-refractivity contribution >= 4 is 17.6 Å². The predicted molar refractivity (Wildman–Crippen MR) is 103 cm³/mol. The lowest BCUT2D eigenvalue weighted by Crippen LogP contribution is -2.14. The quantitative estimate of drug-likeness (QED) is 0.610. The summed E-state index contributed by atoms with van der Waals surface area (Å²) in [6.07, 6.45) is 0.803. The minimum atomic E-state index is -0.992. The molecule has 0 heterocycles. The number of carbonyl (C=O) groups is 1. The zero-order chi connectivity index (χ0) is 19.4. The third-order valence-corrected chi connectivity index (χ3v) is 5.08. The van der Waals surface area contributed by atoms with Crippen molar-refractivity contribution in [3.63, 3.8) is 0 Å². The molecule has 4 nitrogen and oxygen atoms in total. The topological polar surface area (TPSA) is 59.3 Å². The number of halogens is 1. The number of benzene rings is 2. The van der Waals surface area contributed by atoms with Gasteiger partial charge >= 0.3 is 5.97 Å². The van der Waals surface area contributed by atoms with E-state index >= 15 is 0 Å². The highest BCUT2D eigenvalue weighted by Crippen LogP contribution is 2.59. The van der Waals surface area contributed by atoms with Gasteiger partial charge in [0.05, 0.1) is 5.92 Å². The molecule has 3 rings (SSSR count). The number of allylic oxidation sites excluding steroid dienone is 1. The molecule has 0 aliphatic heterocycles. The van der Waals surface area contributed by atoms with Gasteiger partial charge in [0.1, 0.15) is 17.6 Å². The number of hydrogen-bond donors (Lipinski definition) is 0. The average molecular weight is 382 g/mol. The van der Waals surface area contributed by atoms with Crippen LogP contribution in [0.3, 0.4) is 0 Å². The lowest BCUT2D eigenvalue weighted by atomic mass is 10.1. The highest BCUT2D eigenvalue weighted by atomic mass is 35.5. The summed E-state index contributed by atoms with van der Waals surface area (Å²) in [4.78, 5) is 12.5. The second-order valence-electron chi connectivity index (χ2n) is 7.08. The fourth-order valence-corrected chi connectivity index (χ4v) is 3.45. The first kappa shape index (κ1) is 19.0. The van der Waals surface area contributed by atoms with Crippen molar-refractivity contribution in [1.82, 2.24) is 0 Å². The normalized spacial score (nSPS) is 21.3. The van der Waals surface area contributed by atoms with Gasteiger partial charge in [0.25, 0.3) is 0 Å². The van der Waals surface area contributed by atoms with E-state index in [1.165, 1.54) is 5.54 Å². The molecule has 2 aromatic carbocycles. The summed E-state index contributed by atoms with van der Waals surface area (Å²) >= 11 is 5.65. The molecule has 3 atom stereocenters. The fraction of sp³-hybridized carbons (Fsp3) is 0.273. The lowest BCUT2D eigenvalue weighted by Gasteiger charge is -2.13. The van der Waals surface area contributed by atoms with Crippen LogP contribution in [0.4, 0.5) is 0 Å². The third kappa shape index (κ3) is 4.15. The average Bonchev–Trinajstić information content (AvgIpc) is 3.21. The Morgan fingerprint density at radius 1 is 1.19 bits per heavy atom. The number of hydrogen-bond acceptors (Lipinski definition) is 4. The van der Waals surface area contributed by atoms with Crippen molar-refractivity contribution in [2.45, 2.75) is 20.0 Å². The second-order valence-corrected chi connectivity index (χ2v) is 7.33. The van der Waals surface area contributed by atoms with E-state index in [0.717, 1.165) is 0 Å². The number of ether oxygens (including phenoxy) is 2. The Morgan fingerprint density at radius 2 is 1.89 bits per heavy atom. The summed E-state index contributed by atoms with van der Waals surface area (Å²) < 4.78 is 11.3. The van der Waals surface area contributed by atoms with Gasteiger partial charge in [-0.15, -0.1) is 0 Å². The molecule has 1 aliphatic carbocycles. The molecule has 2 aromatic rings. The molecule has 0 aromatic heterocycles. The molecule has 1 saturated carbocycles. The van der Waals surface area contributed by atoms with E-state index in [2.05, 4.69) is 6.07 Å². The number of nitriles is 1. The Kier molecular flexibility index (Phi) is 5.53. The van der Waals surface area contributed by atoms with Crippen molar-refractivity contribution in [2.75, 3.05) is 0 Å². The monoisotopic (exact) mass is 381 g/mol. The van der Waals surface area contributed by atoms with Crippen LogP contribution in [0, 0.1) is 28.6 Å². The van der Waals surface area contributed by atoms with Crippen molar-refractivity contribution in [2.24, 2.45) is 17.3 Å². The molecule has 27 heavy (non-hydrogen) atoms. The Bertz CT molecular complexity index is 886. The Morgan fingerprint density at radius 3 is 2.56 bits per heavy atom. The van der Waals surface area contributed by atoms with Gasteiger partial charge in [-0.3, -0.25) is 4.79 Å². The van der Waals surface area contributed by atoms with Gasteiger partial charge in [-0.25, -0.2) is 0 Å². The highest BCUT2D eigenvalue weighted by Gasteiger charge is 2.61. The standard InChI is InChI=1S/C22H20ClNO3/c1-22(2)18(11-12-23)20(22)21(25)27-19(14-24)15-7-6-10-17(13-15)26-16-8-4-3-5-9-16/h3-13,18-20H,1-2H3. The van der Waals surface area contributed by atoms with E-state index in [-0.39, 0.29) is 23.2 Å². The van der Waals surface area contributed by atoms with E-state index in [1.54, 1.807) is 30.3 Å². The Balaban J connectivity index is 1.72. The molecule has 0 amide bonds. The van der Waals surface area contributed by atoms with Gasteiger partial charge in [0.15, 0.2) is 0 Å². The zero-order valence-electron chi connectivity index (χ0n) is 15.1. The van der Waals surface area contributed by atoms with Gasteiger partial charge in [-0.1, -0.05) is 61.9 Å². The minimum Gasteiger partial charge on any atom is -0.457 e. The SMILES string of the molecule is CC1(C)C(C=CCl)C1C(=O)OC(C#N)c1cccc(Oc2ccccc2)c1. The number of rotatable bonds is 6. The molecular weight excluding hydrogens is 362 g/mol. The largest absolute Gasteiger partial charge is 0.457 e. The first-order valence-corrected chi connectivity index (χ1v) is 9.11. The maximum absolute atomic E-state index is 12.5. The smallest absolute Gasteiger partial charge is 0.311 e. The van der Waals surface area contributed by atoms with Crippen LogP contribution in [-0.2, 0) is 9.53 Å². The summed E-state index contributed by atoms with van der Waals surface area (Å²) in [5.41, 5.74) is 1.77. The van der Waals surface area contributed by atoms with E-state index in [9.17, 15) is 10.1 Å². The van der Waals surface area contributed by atoms with Crippen LogP contribution in [0.1, 0.15) is 25.5 Å². The second kappa shape index (κ2) is 7.85. The van der Waals surface area contributed by atoms with Gasteiger partial charge < -0.3 is 9.47 Å². The number of nitrogens with zero attached hydrogens (tertiary/aromatic N) is 1.